The fourth-order valence-electron chi connectivity index (χ4n) is 3.56. The Kier molecular flexibility index (Phi) is 7.35. The van der Waals surface area contributed by atoms with E-state index in [1.165, 1.54) is 27.4 Å². The van der Waals surface area contributed by atoms with Crippen molar-refractivity contribution in [3.05, 3.63) is 29.3 Å². The molecule has 12 heteroatoms. The van der Waals surface area contributed by atoms with Crippen LogP contribution in [-0.4, -0.2) is 92.0 Å². The zero-order chi connectivity index (χ0) is 22.7. The molecular formula is C20H27N5O4S3. The Labute approximate surface area is 196 Å². The van der Waals surface area contributed by atoms with Crippen molar-refractivity contribution in [2.45, 2.75) is 23.1 Å². The highest BCUT2D eigenvalue weighted by molar-refractivity contribution is 8.01. The third-order valence-electron chi connectivity index (χ3n) is 5.70. The standard InChI is InChI=1S/C20H27N5O4S3/c1-15-3-4-17(13-16(15)2)32(27,28)25-7-5-23(6-8-25)18(26)14-30-20-22-21-19(31-20)24-9-11-29-12-10-24/h3-4,13H,5-12,14H2,1-2H3. The Morgan fingerprint density at radius 2 is 1.78 bits per heavy atom. The van der Waals surface area contributed by atoms with Gasteiger partial charge in [0.1, 0.15) is 0 Å². The molecule has 0 spiro atoms. The van der Waals surface area contributed by atoms with Gasteiger partial charge in [-0.05, 0) is 37.1 Å². The van der Waals surface area contributed by atoms with Crippen LogP contribution in [0.25, 0.3) is 0 Å². The predicted octanol–water partition coefficient (Wildman–Crippen LogP) is 1.62. The summed E-state index contributed by atoms with van der Waals surface area (Å²) in [6, 6.07) is 5.20. The number of piperazine rings is 1. The molecule has 2 aliphatic heterocycles. The molecule has 9 nitrogen and oxygen atoms in total. The predicted molar refractivity (Wildman–Crippen MR) is 125 cm³/mol. The number of aryl methyl sites for hydroxylation is 2. The number of anilines is 1. The van der Waals surface area contributed by atoms with Crippen LogP contribution in [0.2, 0.25) is 0 Å². The number of ether oxygens (including phenoxy) is 1. The first-order valence-corrected chi connectivity index (χ1v) is 13.7. The quantitative estimate of drug-likeness (QED) is 0.556. The molecule has 0 atom stereocenters. The number of hydrogen-bond donors (Lipinski definition) is 0. The first kappa shape index (κ1) is 23.4. The van der Waals surface area contributed by atoms with Gasteiger partial charge in [-0.1, -0.05) is 29.2 Å². The van der Waals surface area contributed by atoms with Gasteiger partial charge in [0.15, 0.2) is 4.34 Å². The molecule has 4 rings (SSSR count). The summed E-state index contributed by atoms with van der Waals surface area (Å²) in [6.45, 7) is 8.21. The molecule has 2 aromatic rings. The minimum atomic E-state index is -3.55. The molecule has 0 N–H and O–H groups in total. The van der Waals surface area contributed by atoms with Gasteiger partial charge >= 0.3 is 0 Å². The number of thioether (sulfide) groups is 1. The summed E-state index contributed by atoms with van der Waals surface area (Å²) >= 11 is 2.86. The third-order valence-corrected chi connectivity index (χ3v) is 9.70. The summed E-state index contributed by atoms with van der Waals surface area (Å²) in [6.07, 6.45) is 0. The molecule has 0 saturated carbocycles. The fraction of sp³-hybridized carbons (Fsp3) is 0.550. The van der Waals surface area contributed by atoms with Crippen LogP contribution in [0.1, 0.15) is 11.1 Å². The highest BCUT2D eigenvalue weighted by atomic mass is 32.2. The molecule has 0 radical (unpaired) electrons. The number of carbonyl (C=O) groups is 1. The highest BCUT2D eigenvalue weighted by Crippen LogP contribution is 2.29. The second kappa shape index (κ2) is 10.0. The van der Waals surface area contributed by atoms with Crippen LogP contribution in [0.5, 0.6) is 0 Å². The molecule has 0 bridgehead atoms. The summed E-state index contributed by atoms with van der Waals surface area (Å²) in [7, 11) is -3.55. The third kappa shape index (κ3) is 5.25. The zero-order valence-electron chi connectivity index (χ0n) is 18.2. The van der Waals surface area contributed by atoms with E-state index < -0.39 is 10.0 Å². The van der Waals surface area contributed by atoms with Crippen molar-refractivity contribution < 1.29 is 17.9 Å². The Balaban J connectivity index is 1.28. The summed E-state index contributed by atoms with van der Waals surface area (Å²) in [5.41, 5.74) is 2.01. The fourth-order valence-corrected chi connectivity index (χ4v) is 6.86. The van der Waals surface area contributed by atoms with Crippen LogP contribution in [0.3, 0.4) is 0 Å². The van der Waals surface area contributed by atoms with Crippen LogP contribution in [0.4, 0.5) is 5.13 Å². The number of benzene rings is 1. The molecule has 2 aliphatic rings. The highest BCUT2D eigenvalue weighted by Gasteiger charge is 2.30. The van der Waals surface area contributed by atoms with E-state index in [0.29, 0.717) is 44.3 Å². The van der Waals surface area contributed by atoms with Gasteiger partial charge < -0.3 is 14.5 Å². The number of sulfonamides is 1. The number of aromatic nitrogens is 2. The molecule has 0 aliphatic carbocycles. The molecule has 3 heterocycles. The largest absolute Gasteiger partial charge is 0.378 e. The number of nitrogens with zero attached hydrogens (tertiary/aromatic N) is 5. The lowest BCUT2D eigenvalue weighted by molar-refractivity contribution is -0.129. The van der Waals surface area contributed by atoms with Crippen molar-refractivity contribution in [2.24, 2.45) is 0 Å². The van der Waals surface area contributed by atoms with Gasteiger partial charge in [0.05, 0.1) is 23.9 Å². The molecule has 1 amide bonds. The van der Waals surface area contributed by atoms with Crippen molar-refractivity contribution in [1.29, 1.82) is 0 Å². The average Bonchev–Trinajstić information content (AvgIpc) is 3.29. The first-order chi connectivity index (χ1) is 15.3. The second-order valence-electron chi connectivity index (χ2n) is 7.77. The number of rotatable bonds is 6. The molecule has 2 fully saturated rings. The second-order valence-corrected chi connectivity index (χ2v) is 11.9. The zero-order valence-corrected chi connectivity index (χ0v) is 20.6. The molecule has 174 valence electrons. The smallest absolute Gasteiger partial charge is 0.243 e. The lowest BCUT2D eigenvalue weighted by Gasteiger charge is -2.34. The van der Waals surface area contributed by atoms with Gasteiger partial charge in [-0.25, -0.2) is 8.42 Å². The Morgan fingerprint density at radius 3 is 2.47 bits per heavy atom. The summed E-state index contributed by atoms with van der Waals surface area (Å²) < 4.78 is 33.5. The molecule has 0 unspecified atom stereocenters. The summed E-state index contributed by atoms with van der Waals surface area (Å²) in [5, 5.41) is 9.27. The van der Waals surface area contributed by atoms with Gasteiger partial charge in [0.2, 0.25) is 21.1 Å². The van der Waals surface area contributed by atoms with Crippen LogP contribution in [-0.2, 0) is 19.6 Å². The van der Waals surface area contributed by atoms with Gasteiger partial charge in [-0.2, -0.15) is 4.31 Å². The normalized spacial score (nSPS) is 18.2. The van der Waals surface area contributed by atoms with Crippen LogP contribution < -0.4 is 4.90 Å². The molecule has 2 saturated heterocycles. The topological polar surface area (TPSA) is 95.9 Å². The van der Waals surface area contributed by atoms with Crippen molar-refractivity contribution >= 4 is 44.2 Å². The lowest BCUT2D eigenvalue weighted by Crippen LogP contribution is -2.50. The van der Waals surface area contributed by atoms with Crippen molar-refractivity contribution in [1.82, 2.24) is 19.4 Å². The Hall–Kier alpha value is -1.73. The molecule has 1 aromatic heterocycles. The maximum atomic E-state index is 13.0. The van der Waals surface area contributed by atoms with Crippen molar-refractivity contribution in [3.8, 4) is 0 Å². The monoisotopic (exact) mass is 497 g/mol. The van der Waals surface area contributed by atoms with Crippen LogP contribution >= 0.6 is 23.1 Å². The summed E-state index contributed by atoms with van der Waals surface area (Å²) in [4.78, 5) is 16.8. The van der Waals surface area contributed by atoms with Crippen LogP contribution in [0, 0.1) is 13.8 Å². The lowest BCUT2D eigenvalue weighted by atomic mass is 10.1. The average molecular weight is 498 g/mol. The molecular weight excluding hydrogens is 470 g/mol. The van der Waals surface area contributed by atoms with Crippen LogP contribution in [0.15, 0.2) is 27.4 Å². The van der Waals surface area contributed by atoms with E-state index in [4.69, 9.17) is 4.74 Å². The van der Waals surface area contributed by atoms with E-state index in [1.54, 1.807) is 17.0 Å². The molecule has 32 heavy (non-hydrogen) atoms. The van der Waals surface area contributed by atoms with E-state index in [1.807, 2.05) is 19.9 Å². The molecule has 1 aromatic carbocycles. The SMILES string of the molecule is Cc1ccc(S(=O)(=O)N2CCN(C(=O)CSc3nnc(N4CCOCC4)s3)CC2)cc1C. The minimum absolute atomic E-state index is 0.0126. The van der Waals surface area contributed by atoms with Gasteiger partial charge in [-0.15, -0.1) is 10.2 Å². The van der Waals surface area contributed by atoms with Crippen molar-refractivity contribution in [2.75, 3.05) is 63.1 Å². The van der Waals surface area contributed by atoms with Gasteiger partial charge in [0.25, 0.3) is 0 Å². The number of amides is 1. The van der Waals surface area contributed by atoms with E-state index in [0.717, 1.165) is 33.7 Å². The van der Waals surface area contributed by atoms with E-state index in [2.05, 4.69) is 15.1 Å². The number of morpholine rings is 1. The van der Waals surface area contributed by atoms with E-state index in [-0.39, 0.29) is 11.7 Å². The van der Waals surface area contributed by atoms with Gasteiger partial charge in [0, 0.05) is 39.3 Å². The van der Waals surface area contributed by atoms with E-state index in [9.17, 15) is 13.2 Å². The van der Waals surface area contributed by atoms with Crippen molar-refractivity contribution in [3.63, 3.8) is 0 Å². The summed E-state index contributed by atoms with van der Waals surface area (Å²) in [5.74, 6) is 0.253. The maximum absolute atomic E-state index is 13.0. The maximum Gasteiger partial charge on any atom is 0.243 e. The first-order valence-electron chi connectivity index (χ1n) is 10.5. The van der Waals surface area contributed by atoms with Gasteiger partial charge in [-0.3, -0.25) is 4.79 Å². The minimum Gasteiger partial charge on any atom is -0.378 e. The Morgan fingerprint density at radius 1 is 1.06 bits per heavy atom. The number of hydrogen-bond acceptors (Lipinski definition) is 9. The number of carbonyl (C=O) groups excluding carboxylic acids is 1. The van der Waals surface area contributed by atoms with E-state index >= 15 is 0 Å². The Bertz CT molecular complexity index is 1060.